The number of hydrogen-bond acceptors (Lipinski definition) is 4. The summed E-state index contributed by atoms with van der Waals surface area (Å²) in [5, 5.41) is 3.63. The smallest absolute Gasteiger partial charge is 0.264 e. The zero-order chi connectivity index (χ0) is 23.5. The highest BCUT2D eigenvalue weighted by molar-refractivity contribution is 6.42. The lowest BCUT2D eigenvalue weighted by atomic mass is 9.92. The van der Waals surface area contributed by atoms with Gasteiger partial charge in [0, 0.05) is 36.3 Å². The average molecular weight is 489 g/mol. The lowest BCUT2D eigenvalue weighted by Crippen LogP contribution is -2.56. The number of amides is 3. The first-order valence-corrected chi connectivity index (χ1v) is 11.8. The summed E-state index contributed by atoms with van der Waals surface area (Å²) < 4.78 is 0. The first-order valence-electron chi connectivity index (χ1n) is 11.0. The Labute approximate surface area is 202 Å². The lowest BCUT2D eigenvalue weighted by Gasteiger charge is -2.32. The fraction of sp³-hybridized carbons (Fsp3) is 0.375. The number of hydrogen-bond donors (Lipinski definition) is 2. The summed E-state index contributed by atoms with van der Waals surface area (Å²) in [6, 6.07) is 13.4. The van der Waals surface area contributed by atoms with E-state index >= 15 is 0 Å². The largest absolute Gasteiger partial charge is 0.350 e. The molecule has 3 amide bonds. The minimum absolute atomic E-state index is 0.0338. The van der Waals surface area contributed by atoms with Crippen LogP contribution in [0.25, 0.3) is 0 Å². The molecular formula is C24H26Cl2N4O3. The number of benzene rings is 2. The van der Waals surface area contributed by atoms with Crippen LogP contribution >= 0.6 is 23.2 Å². The van der Waals surface area contributed by atoms with Crippen molar-refractivity contribution in [1.82, 2.24) is 15.1 Å². The van der Waals surface area contributed by atoms with Gasteiger partial charge in [-0.1, -0.05) is 41.4 Å². The van der Waals surface area contributed by atoms with Crippen LogP contribution in [0.5, 0.6) is 0 Å². The summed E-state index contributed by atoms with van der Waals surface area (Å²) >= 11 is 12.1. The Bertz CT molecular complexity index is 1040. The second-order valence-corrected chi connectivity index (χ2v) is 9.30. The van der Waals surface area contributed by atoms with E-state index in [1.54, 1.807) is 36.4 Å². The van der Waals surface area contributed by atoms with Crippen LogP contribution in [-0.2, 0) is 4.79 Å². The molecule has 7 nitrogen and oxygen atoms in total. The molecule has 174 valence electrons. The maximum absolute atomic E-state index is 13.4. The summed E-state index contributed by atoms with van der Waals surface area (Å²) in [7, 11) is 0. The molecule has 1 heterocycles. The van der Waals surface area contributed by atoms with Crippen LogP contribution in [0.1, 0.15) is 46.4 Å². The molecule has 0 aromatic heterocycles. The molecule has 4 rings (SSSR count). The highest BCUT2D eigenvalue weighted by Gasteiger charge is 2.43. The van der Waals surface area contributed by atoms with Crippen LogP contribution in [-0.4, -0.2) is 58.9 Å². The van der Waals surface area contributed by atoms with Crippen molar-refractivity contribution < 1.29 is 14.4 Å². The molecule has 0 spiro atoms. The van der Waals surface area contributed by atoms with Gasteiger partial charge in [0.15, 0.2) is 6.17 Å². The molecular weight excluding hydrogens is 463 g/mol. The first kappa shape index (κ1) is 23.5. The molecule has 2 fully saturated rings. The molecule has 9 heteroatoms. The van der Waals surface area contributed by atoms with E-state index in [0.717, 1.165) is 25.7 Å². The fourth-order valence-corrected chi connectivity index (χ4v) is 4.72. The van der Waals surface area contributed by atoms with E-state index in [9.17, 15) is 14.4 Å². The standard InChI is InChI=1S/C24H26Cl2N4O3/c25-19-11-6-16(14-20(19)26)24(33)30-13-12-29(23(32)15-4-2-1-3-5-15)22(30)21(31)28-18-9-7-17(27)8-10-18/h1-6,11,14,17-18,22H,7-10,12-13,27H2,(H,28,31). The Balaban J connectivity index is 1.60. The summed E-state index contributed by atoms with van der Waals surface area (Å²) in [6.07, 6.45) is 2.14. The molecule has 0 radical (unpaired) electrons. The molecule has 2 aliphatic rings. The summed E-state index contributed by atoms with van der Waals surface area (Å²) in [6.45, 7) is 0.472. The second kappa shape index (κ2) is 10.1. The number of carbonyl (C=O) groups is 3. The van der Waals surface area contributed by atoms with Gasteiger partial charge in [0.25, 0.3) is 17.7 Å². The molecule has 1 aliphatic heterocycles. The van der Waals surface area contributed by atoms with Crippen LogP contribution in [0.15, 0.2) is 48.5 Å². The van der Waals surface area contributed by atoms with E-state index in [1.807, 2.05) is 6.07 Å². The predicted octanol–water partition coefficient (Wildman–Crippen LogP) is 3.30. The molecule has 1 saturated carbocycles. The van der Waals surface area contributed by atoms with Gasteiger partial charge in [-0.15, -0.1) is 0 Å². The van der Waals surface area contributed by atoms with E-state index in [2.05, 4.69) is 5.32 Å². The SMILES string of the molecule is NC1CCC(NC(=O)C2N(C(=O)c3ccccc3)CCN2C(=O)c2ccc(Cl)c(Cl)c2)CC1. The topological polar surface area (TPSA) is 95.7 Å². The van der Waals surface area contributed by atoms with Crippen LogP contribution in [0.2, 0.25) is 10.0 Å². The first-order chi connectivity index (χ1) is 15.8. The summed E-state index contributed by atoms with van der Waals surface area (Å²) in [5.74, 6) is -1.06. The van der Waals surface area contributed by atoms with Crippen molar-refractivity contribution in [2.24, 2.45) is 5.73 Å². The zero-order valence-corrected chi connectivity index (χ0v) is 19.6. The molecule has 0 bridgehead atoms. The zero-order valence-electron chi connectivity index (χ0n) is 18.0. The highest BCUT2D eigenvalue weighted by Crippen LogP contribution is 2.26. The van der Waals surface area contributed by atoms with Crippen LogP contribution in [0, 0.1) is 0 Å². The number of carbonyl (C=O) groups excluding carboxylic acids is 3. The van der Waals surface area contributed by atoms with Gasteiger partial charge < -0.3 is 20.9 Å². The fourth-order valence-electron chi connectivity index (χ4n) is 4.42. The van der Waals surface area contributed by atoms with Crippen molar-refractivity contribution in [2.45, 2.75) is 43.9 Å². The minimum atomic E-state index is -1.06. The molecule has 2 aromatic rings. The van der Waals surface area contributed by atoms with E-state index in [-0.39, 0.29) is 47.9 Å². The van der Waals surface area contributed by atoms with Gasteiger partial charge in [0.05, 0.1) is 10.0 Å². The van der Waals surface area contributed by atoms with Gasteiger partial charge in [0.1, 0.15) is 0 Å². The monoisotopic (exact) mass is 488 g/mol. The lowest BCUT2D eigenvalue weighted by molar-refractivity contribution is -0.129. The molecule has 3 N–H and O–H groups in total. The minimum Gasteiger partial charge on any atom is -0.350 e. The third-order valence-corrected chi connectivity index (χ3v) is 6.97. The maximum atomic E-state index is 13.4. The predicted molar refractivity (Wildman–Crippen MR) is 127 cm³/mol. The van der Waals surface area contributed by atoms with Gasteiger partial charge in [-0.2, -0.15) is 0 Å². The number of nitrogens with two attached hydrogens (primary N) is 1. The Morgan fingerprint density at radius 3 is 2.03 bits per heavy atom. The summed E-state index contributed by atoms with van der Waals surface area (Å²) in [5.41, 5.74) is 6.75. The molecule has 1 saturated heterocycles. The quantitative estimate of drug-likeness (QED) is 0.689. The van der Waals surface area contributed by atoms with Gasteiger partial charge in [0.2, 0.25) is 0 Å². The van der Waals surface area contributed by atoms with E-state index < -0.39 is 6.17 Å². The van der Waals surface area contributed by atoms with Crippen LogP contribution < -0.4 is 11.1 Å². The Kier molecular flexibility index (Phi) is 7.22. The van der Waals surface area contributed by atoms with Crippen molar-refractivity contribution >= 4 is 40.9 Å². The number of nitrogens with zero attached hydrogens (tertiary/aromatic N) is 2. The van der Waals surface area contributed by atoms with Gasteiger partial charge >= 0.3 is 0 Å². The van der Waals surface area contributed by atoms with Crippen molar-refractivity contribution in [2.75, 3.05) is 13.1 Å². The Morgan fingerprint density at radius 1 is 0.818 bits per heavy atom. The molecule has 1 unspecified atom stereocenters. The summed E-state index contributed by atoms with van der Waals surface area (Å²) in [4.78, 5) is 42.9. The maximum Gasteiger partial charge on any atom is 0.264 e. The molecule has 33 heavy (non-hydrogen) atoms. The van der Waals surface area contributed by atoms with Crippen molar-refractivity contribution in [3.05, 3.63) is 69.7 Å². The van der Waals surface area contributed by atoms with Crippen molar-refractivity contribution in [1.29, 1.82) is 0 Å². The highest BCUT2D eigenvalue weighted by atomic mass is 35.5. The Morgan fingerprint density at radius 2 is 1.42 bits per heavy atom. The van der Waals surface area contributed by atoms with E-state index in [4.69, 9.17) is 28.9 Å². The van der Waals surface area contributed by atoms with Gasteiger partial charge in [-0.05, 0) is 56.0 Å². The third kappa shape index (κ3) is 5.16. The van der Waals surface area contributed by atoms with E-state index in [0.29, 0.717) is 16.1 Å². The molecule has 1 aliphatic carbocycles. The second-order valence-electron chi connectivity index (χ2n) is 8.49. The number of rotatable bonds is 4. The normalized spacial score (nSPS) is 22.8. The average Bonchev–Trinajstić information content (AvgIpc) is 3.27. The Hall–Kier alpha value is -2.61. The number of halogens is 2. The van der Waals surface area contributed by atoms with Crippen LogP contribution in [0.4, 0.5) is 0 Å². The van der Waals surface area contributed by atoms with Crippen molar-refractivity contribution in [3.8, 4) is 0 Å². The third-order valence-electron chi connectivity index (χ3n) is 6.23. The van der Waals surface area contributed by atoms with Gasteiger partial charge in [-0.25, -0.2) is 0 Å². The van der Waals surface area contributed by atoms with Crippen molar-refractivity contribution in [3.63, 3.8) is 0 Å². The van der Waals surface area contributed by atoms with Gasteiger partial charge in [-0.3, -0.25) is 14.4 Å². The molecule has 2 aromatic carbocycles. The number of nitrogens with one attached hydrogen (secondary N) is 1. The van der Waals surface area contributed by atoms with Crippen LogP contribution in [0.3, 0.4) is 0 Å². The molecule has 1 atom stereocenters. The van der Waals surface area contributed by atoms with E-state index in [1.165, 1.54) is 15.9 Å².